The average Bonchev–Trinajstić information content (AvgIpc) is 3.15. The van der Waals surface area contributed by atoms with E-state index in [1.165, 1.54) is 0 Å². The maximum Gasteiger partial charge on any atom is 0.253 e. The van der Waals surface area contributed by atoms with E-state index >= 15 is 0 Å². The van der Waals surface area contributed by atoms with Gasteiger partial charge in [0.25, 0.3) is 5.91 Å². The van der Waals surface area contributed by atoms with E-state index in [1.807, 2.05) is 48.5 Å². The van der Waals surface area contributed by atoms with Crippen molar-refractivity contribution in [2.75, 3.05) is 25.0 Å². The van der Waals surface area contributed by atoms with Crippen LogP contribution in [0.1, 0.15) is 23.2 Å². The van der Waals surface area contributed by atoms with Crippen LogP contribution in [0.2, 0.25) is 0 Å². The van der Waals surface area contributed by atoms with Crippen molar-refractivity contribution >= 4 is 23.2 Å². The van der Waals surface area contributed by atoms with Crippen molar-refractivity contribution in [3.63, 3.8) is 0 Å². The summed E-state index contributed by atoms with van der Waals surface area (Å²) in [5.74, 6) is -0.268. The first-order valence-electron chi connectivity index (χ1n) is 8.21. The van der Waals surface area contributed by atoms with Gasteiger partial charge in [0.1, 0.15) is 0 Å². The van der Waals surface area contributed by atoms with E-state index in [2.05, 4.69) is 10.6 Å². The lowest BCUT2D eigenvalue weighted by molar-refractivity contribution is -0.129. The lowest BCUT2D eigenvalue weighted by Gasteiger charge is -2.16. The molecule has 3 rings (SSSR count). The fourth-order valence-electron chi connectivity index (χ4n) is 2.80. The largest absolute Gasteiger partial charge is 0.355 e. The lowest BCUT2D eigenvalue weighted by Crippen LogP contribution is -2.38. The minimum atomic E-state index is -0.249. The first-order valence-corrected chi connectivity index (χ1v) is 8.21. The van der Waals surface area contributed by atoms with E-state index < -0.39 is 0 Å². The van der Waals surface area contributed by atoms with Gasteiger partial charge in [0.2, 0.25) is 5.91 Å². The molecule has 1 fully saturated rings. The number of carbonyl (C=O) groups excluding carboxylic acids is 2. The van der Waals surface area contributed by atoms with Crippen molar-refractivity contribution in [3.8, 4) is 0 Å². The van der Waals surface area contributed by atoms with Gasteiger partial charge in [-0.25, -0.2) is 0 Å². The quantitative estimate of drug-likeness (QED) is 0.889. The van der Waals surface area contributed by atoms with E-state index in [0.29, 0.717) is 5.56 Å². The zero-order chi connectivity index (χ0) is 16.8. The molecule has 0 aliphatic carbocycles. The molecule has 2 amide bonds. The summed E-state index contributed by atoms with van der Waals surface area (Å²) in [6.07, 6.45) is 2.09. The first kappa shape index (κ1) is 16.1. The van der Waals surface area contributed by atoms with Crippen molar-refractivity contribution in [2.24, 2.45) is 0 Å². The Kier molecular flexibility index (Phi) is 5.11. The second-order valence-corrected chi connectivity index (χ2v) is 5.81. The molecular weight excluding hydrogens is 302 g/mol. The van der Waals surface area contributed by atoms with Crippen LogP contribution in [0.25, 0.3) is 0 Å². The van der Waals surface area contributed by atoms with Gasteiger partial charge in [-0.2, -0.15) is 0 Å². The van der Waals surface area contributed by atoms with Gasteiger partial charge in [0.05, 0.1) is 17.8 Å². The third kappa shape index (κ3) is 3.93. The number of nitrogens with one attached hydrogen (secondary N) is 2. The summed E-state index contributed by atoms with van der Waals surface area (Å²) >= 11 is 0. The zero-order valence-corrected chi connectivity index (χ0v) is 13.5. The van der Waals surface area contributed by atoms with E-state index in [0.717, 1.165) is 37.3 Å². The molecule has 2 aromatic rings. The maximum absolute atomic E-state index is 12.5. The molecule has 5 heteroatoms. The minimum Gasteiger partial charge on any atom is -0.355 e. The number of anilines is 2. The molecule has 0 unspecified atom stereocenters. The lowest BCUT2D eigenvalue weighted by atomic mass is 10.1. The molecule has 0 spiro atoms. The van der Waals surface area contributed by atoms with Crippen molar-refractivity contribution in [1.82, 2.24) is 10.2 Å². The van der Waals surface area contributed by atoms with Gasteiger partial charge in [-0.05, 0) is 37.1 Å². The fraction of sp³-hybridized carbons (Fsp3) is 0.263. The SMILES string of the molecule is O=C(NCC(=O)N1CCCC1)c1ccccc1Nc1ccccc1. The Bertz CT molecular complexity index is 710. The van der Waals surface area contributed by atoms with Gasteiger partial charge >= 0.3 is 0 Å². The number of para-hydroxylation sites is 2. The molecule has 1 aliphatic heterocycles. The van der Waals surface area contributed by atoms with Crippen molar-refractivity contribution < 1.29 is 9.59 Å². The highest BCUT2D eigenvalue weighted by molar-refractivity contribution is 6.01. The van der Waals surface area contributed by atoms with Crippen LogP contribution in [0.4, 0.5) is 11.4 Å². The average molecular weight is 323 g/mol. The number of hydrogen-bond donors (Lipinski definition) is 2. The maximum atomic E-state index is 12.5. The zero-order valence-electron chi connectivity index (χ0n) is 13.5. The molecule has 0 aromatic heterocycles. The van der Waals surface area contributed by atoms with E-state index in [4.69, 9.17) is 0 Å². The second kappa shape index (κ2) is 7.64. The normalized spacial score (nSPS) is 13.6. The van der Waals surface area contributed by atoms with Gasteiger partial charge in [-0.15, -0.1) is 0 Å². The number of likely N-dealkylation sites (tertiary alicyclic amines) is 1. The third-order valence-electron chi connectivity index (χ3n) is 4.08. The molecule has 0 saturated carbocycles. The Balaban J connectivity index is 1.65. The molecule has 0 bridgehead atoms. The predicted octanol–water partition coefficient (Wildman–Crippen LogP) is 2.78. The molecule has 1 saturated heterocycles. The van der Waals surface area contributed by atoms with Crippen LogP contribution in [-0.2, 0) is 4.79 Å². The van der Waals surface area contributed by atoms with Crippen LogP contribution < -0.4 is 10.6 Å². The highest BCUT2D eigenvalue weighted by Crippen LogP contribution is 2.20. The summed E-state index contributed by atoms with van der Waals surface area (Å²) in [7, 11) is 0. The van der Waals surface area contributed by atoms with Crippen LogP contribution in [0.5, 0.6) is 0 Å². The number of benzene rings is 2. The molecular formula is C19H21N3O2. The van der Waals surface area contributed by atoms with E-state index in [-0.39, 0.29) is 18.4 Å². The molecule has 5 nitrogen and oxygen atoms in total. The van der Waals surface area contributed by atoms with E-state index in [1.54, 1.807) is 11.0 Å². The molecule has 124 valence electrons. The van der Waals surface area contributed by atoms with Crippen LogP contribution in [0, 0.1) is 0 Å². The molecule has 24 heavy (non-hydrogen) atoms. The van der Waals surface area contributed by atoms with Crippen molar-refractivity contribution in [2.45, 2.75) is 12.8 Å². The number of hydrogen-bond acceptors (Lipinski definition) is 3. The van der Waals surface area contributed by atoms with Crippen LogP contribution >= 0.6 is 0 Å². The van der Waals surface area contributed by atoms with Crippen molar-refractivity contribution in [1.29, 1.82) is 0 Å². The van der Waals surface area contributed by atoms with Gasteiger partial charge < -0.3 is 15.5 Å². The highest BCUT2D eigenvalue weighted by Gasteiger charge is 2.19. The van der Waals surface area contributed by atoms with Gasteiger partial charge in [-0.3, -0.25) is 9.59 Å². The summed E-state index contributed by atoms with van der Waals surface area (Å²) in [6, 6.07) is 17.0. The smallest absolute Gasteiger partial charge is 0.253 e. The molecule has 2 aromatic carbocycles. The summed E-state index contributed by atoms with van der Waals surface area (Å²) < 4.78 is 0. The summed E-state index contributed by atoms with van der Waals surface area (Å²) in [5, 5.41) is 5.97. The number of nitrogens with zero attached hydrogens (tertiary/aromatic N) is 1. The van der Waals surface area contributed by atoms with Crippen LogP contribution in [0.15, 0.2) is 54.6 Å². The van der Waals surface area contributed by atoms with Gasteiger partial charge in [-0.1, -0.05) is 30.3 Å². The minimum absolute atomic E-state index is 0.0191. The van der Waals surface area contributed by atoms with Crippen LogP contribution in [0.3, 0.4) is 0 Å². The molecule has 2 N–H and O–H groups in total. The third-order valence-corrected chi connectivity index (χ3v) is 4.08. The first-order chi connectivity index (χ1) is 11.7. The summed E-state index contributed by atoms with van der Waals surface area (Å²) in [6.45, 7) is 1.63. The molecule has 0 radical (unpaired) electrons. The highest BCUT2D eigenvalue weighted by atomic mass is 16.2. The van der Waals surface area contributed by atoms with Gasteiger partial charge in [0, 0.05) is 18.8 Å². The Morgan fingerprint density at radius 2 is 1.58 bits per heavy atom. The predicted molar refractivity (Wildman–Crippen MR) is 94.3 cm³/mol. The monoisotopic (exact) mass is 323 g/mol. The Hall–Kier alpha value is -2.82. The molecule has 1 aliphatic rings. The van der Waals surface area contributed by atoms with E-state index in [9.17, 15) is 9.59 Å². The summed E-state index contributed by atoms with van der Waals surface area (Å²) in [5.41, 5.74) is 2.15. The molecule has 1 heterocycles. The number of carbonyl (C=O) groups is 2. The van der Waals surface area contributed by atoms with Crippen molar-refractivity contribution in [3.05, 3.63) is 60.2 Å². The Labute approximate surface area is 141 Å². The fourth-order valence-corrected chi connectivity index (χ4v) is 2.80. The second-order valence-electron chi connectivity index (χ2n) is 5.81. The number of rotatable bonds is 5. The number of amides is 2. The van der Waals surface area contributed by atoms with Crippen LogP contribution in [-0.4, -0.2) is 36.3 Å². The Morgan fingerprint density at radius 1 is 0.917 bits per heavy atom. The Morgan fingerprint density at radius 3 is 2.33 bits per heavy atom. The topological polar surface area (TPSA) is 61.4 Å². The molecule has 0 atom stereocenters. The summed E-state index contributed by atoms with van der Waals surface area (Å²) in [4.78, 5) is 26.3. The standard InChI is InChI=1S/C19H21N3O2/c23-18(22-12-6-7-13-22)14-20-19(24)16-10-4-5-11-17(16)21-15-8-2-1-3-9-15/h1-5,8-11,21H,6-7,12-14H2,(H,20,24). The van der Waals surface area contributed by atoms with Gasteiger partial charge in [0.15, 0.2) is 0 Å².